The molecule has 2 aromatic carbocycles. The smallest absolute Gasteiger partial charge is 0.226 e. The van der Waals surface area contributed by atoms with E-state index in [0.29, 0.717) is 55.5 Å². The second-order valence-electron chi connectivity index (χ2n) is 10.5. The molecule has 0 radical (unpaired) electrons. The van der Waals surface area contributed by atoms with Crippen LogP contribution in [-0.2, 0) is 19.9 Å². The lowest BCUT2D eigenvalue weighted by Crippen LogP contribution is -2.55. The second-order valence-corrected chi connectivity index (χ2v) is 10.5. The molecule has 208 valence electrons. The highest BCUT2D eigenvalue weighted by atomic mass is 19.1. The minimum Gasteiger partial charge on any atom is -0.391 e. The third-order valence-electron chi connectivity index (χ3n) is 7.92. The van der Waals surface area contributed by atoms with E-state index < -0.39 is 35.5 Å². The van der Waals surface area contributed by atoms with Crippen molar-refractivity contribution in [1.29, 1.82) is 0 Å². The number of aliphatic hydroxyl groups is 2. The Kier molecular flexibility index (Phi) is 9.15. The number of nitrogens with two attached hydrogens (primary N) is 1. The van der Waals surface area contributed by atoms with Gasteiger partial charge in [-0.3, -0.25) is 4.79 Å². The van der Waals surface area contributed by atoms with Crippen LogP contribution in [0.25, 0.3) is 11.1 Å². The number of hydrogen-bond acceptors (Lipinski definition) is 6. The van der Waals surface area contributed by atoms with Crippen molar-refractivity contribution >= 4 is 5.91 Å². The first-order chi connectivity index (χ1) is 18.2. The molecule has 1 unspecified atom stereocenters. The number of morpholine rings is 1. The molecular formula is C29H38F2N2O5. The van der Waals surface area contributed by atoms with Gasteiger partial charge < -0.3 is 30.3 Å². The Bertz CT molecular complexity index is 1120. The molecule has 1 aliphatic carbocycles. The van der Waals surface area contributed by atoms with Crippen molar-refractivity contribution in [2.24, 2.45) is 11.7 Å². The molecule has 2 aliphatic rings. The fourth-order valence-corrected chi connectivity index (χ4v) is 5.73. The number of carbonyl (C=O) groups excluding carboxylic acids is 1. The molecule has 1 amide bonds. The summed E-state index contributed by atoms with van der Waals surface area (Å²) in [6.45, 7) is 2.78. The molecule has 0 spiro atoms. The largest absolute Gasteiger partial charge is 0.391 e. The minimum absolute atomic E-state index is 0.111. The monoisotopic (exact) mass is 532 g/mol. The average Bonchev–Trinajstić information content (AvgIpc) is 3.25. The SMILES string of the molecule is COCCCC[C@](O)(c1cccc(F)c1-c1ccc(F)c(C)c1)C1CN(C(=O)[C@H]2C[C@@H](N)[C@@H](O)C2)CCO1. The molecule has 2 aromatic rings. The van der Waals surface area contributed by atoms with E-state index in [-0.39, 0.29) is 37.0 Å². The quantitative estimate of drug-likeness (QED) is 0.428. The molecular weight excluding hydrogens is 494 g/mol. The summed E-state index contributed by atoms with van der Waals surface area (Å²) < 4.78 is 40.7. The van der Waals surface area contributed by atoms with Gasteiger partial charge in [0.25, 0.3) is 0 Å². The molecule has 0 bridgehead atoms. The summed E-state index contributed by atoms with van der Waals surface area (Å²) in [5, 5.41) is 22.4. The minimum atomic E-state index is -1.64. The van der Waals surface area contributed by atoms with E-state index in [9.17, 15) is 19.4 Å². The van der Waals surface area contributed by atoms with Crippen LogP contribution in [0.3, 0.4) is 0 Å². The summed E-state index contributed by atoms with van der Waals surface area (Å²) in [4.78, 5) is 15.0. The zero-order chi connectivity index (χ0) is 27.4. The van der Waals surface area contributed by atoms with Crippen LogP contribution in [0.2, 0.25) is 0 Å². The Morgan fingerprint density at radius 3 is 2.68 bits per heavy atom. The lowest BCUT2D eigenvalue weighted by Gasteiger charge is -2.43. The number of nitrogens with zero attached hydrogens (tertiary/aromatic N) is 1. The lowest BCUT2D eigenvalue weighted by atomic mass is 9.78. The second kappa shape index (κ2) is 12.2. The first-order valence-electron chi connectivity index (χ1n) is 13.3. The van der Waals surface area contributed by atoms with E-state index >= 15 is 4.39 Å². The Hall–Kier alpha value is -2.43. The number of rotatable bonds is 9. The number of unbranched alkanes of at least 4 members (excludes halogenated alkanes) is 1. The van der Waals surface area contributed by atoms with Crippen molar-refractivity contribution in [3.63, 3.8) is 0 Å². The maximum atomic E-state index is 15.4. The van der Waals surface area contributed by atoms with Gasteiger partial charge in [-0.1, -0.05) is 18.2 Å². The number of hydrogen-bond donors (Lipinski definition) is 3. The van der Waals surface area contributed by atoms with Gasteiger partial charge in [-0.25, -0.2) is 8.78 Å². The molecule has 2 fully saturated rings. The predicted molar refractivity (Wildman–Crippen MR) is 139 cm³/mol. The van der Waals surface area contributed by atoms with Gasteiger partial charge >= 0.3 is 0 Å². The van der Waals surface area contributed by atoms with Gasteiger partial charge in [0.05, 0.1) is 19.3 Å². The molecule has 9 heteroatoms. The zero-order valence-electron chi connectivity index (χ0n) is 22.0. The van der Waals surface area contributed by atoms with Gasteiger partial charge in [0, 0.05) is 37.8 Å². The van der Waals surface area contributed by atoms with Gasteiger partial charge in [0.15, 0.2) is 0 Å². The molecule has 0 aromatic heterocycles. The summed E-state index contributed by atoms with van der Waals surface area (Å²) in [6, 6.07) is 8.44. The topological polar surface area (TPSA) is 105 Å². The molecule has 4 N–H and O–H groups in total. The van der Waals surface area contributed by atoms with Crippen LogP contribution < -0.4 is 5.73 Å². The first-order valence-corrected chi connectivity index (χ1v) is 13.3. The Morgan fingerprint density at radius 1 is 1.21 bits per heavy atom. The highest BCUT2D eigenvalue weighted by molar-refractivity contribution is 5.79. The Balaban J connectivity index is 1.69. The standard InChI is InChI=1S/C29H38F2N2O5/c1-18-14-19(8-9-22(18)30)27-21(6-5-7-23(27)31)29(36,10-3-4-12-37-2)26-17-33(11-13-38-26)28(35)20-15-24(32)25(34)16-20/h5-9,14,20,24-26,34,36H,3-4,10-13,15-17,32H2,1-2H3/t20-,24+,25-,26?,29-/m0/s1. The van der Waals surface area contributed by atoms with Crippen molar-refractivity contribution in [3.8, 4) is 11.1 Å². The van der Waals surface area contributed by atoms with Crippen LogP contribution in [-0.4, -0.2) is 72.7 Å². The van der Waals surface area contributed by atoms with E-state index in [1.54, 1.807) is 31.1 Å². The molecule has 1 aliphatic heterocycles. The van der Waals surface area contributed by atoms with Gasteiger partial charge in [-0.05, 0) is 73.9 Å². The Morgan fingerprint density at radius 2 is 2.00 bits per heavy atom. The highest BCUT2D eigenvalue weighted by Crippen LogP contribution is 2.42. The number of methoxy groups -OCH3 is 1. The highest BCUT2D eigenvalue weighted by Gasteiger charge is 2.46. The normalized spacial score (nSPS) is 25.4. The fraction of sp³-hybridized carbons (Fsp3) is 0.552. The number of carbonyl (C=O) groups is 1. The molecule has 1 saturated heterocycles. The maximum absolute atomic E-state index is 15.4. The molecule has 5 atom stereocenters. The predicted octanol–water partition coefficient (Wildman–Crippen LogP) is 3.27. The zero-order valence-corrected chi connectivity index (χ0v) is 22.0. The first kappa shape index (κ1) is 28.6. The molecule has 4 rings (SSSR count). The number of halogens is 2. The molecule has 7 nitrogen and oxygen atoms in total. The van der Waals surface area contributed by atoms with Gasteiger partial charge in [0.2, 0.25) is 5.91 Å². The third-order valence-corrected chi connectivity index (χ3v) is 7.92. The number of aryl methyl sites for hydroxylation is 1. The summed E-state index contributed by atoms with van der Waals surface area (Å²) in [5.74, 6) is -1.45. The van der Waals surface area contributed by atoms with Crippen molar-refractivity contribution in [2.75, 3.05) is 33.4 Å². The van der Waals surface area contributed by atoms with Crippen LogP contribution in [0, 0.1) is 24.5 Å². The third kappa shape index (κ3) is 5.92. The lowest BCUT2D eigenvalue weighted by molar-refractivity contribution is -0.167. The van der Waals surface area contributed by atoms with Crippen molar-refractivity contribution in [2.45, 2.75) is 62.9 Å². The fourth-order valence-electron chi connectivity index (χ4n) is 5.73. The Labute approximate surface area is 222 Å². The number of amides is 1. The van der Waals surface area contributed by atoms with Crippen molar-refractivity contribution in [3.05, 3.63) is 59.2 Å². The summed E-state index contributed by atoms with van der Waals surface area (Å²) in [6.07, 6.45) is 0.652. The maximum Gasteiger partial charge on any atom is 0.226 e. The van der Waals surface area contributed by atoms with Gasteiger partial charge in [-0.2, -0.15) is 0 Å². The van der Waals surface area contributed by atoms with E-state index in [4.69, 9.17) is 15.2 Å². The van der Waals surface area contributed by atoms with E-state index in [1.165, 1.54) is 24.3 Å². The van der Waals surface area contributed by atoms with Crippen molar-refractivity contribution in [1.82, 2.24) is 4.90 Å². The van der Waals surface area contributed by atoms with Crippen molar-refractivity contribution < 1.29 is 33.3 Å². The van der Waals surface area contributed by atoms with Crippen LogP contribution in [0.15, 0.2) is 36.4 Å². The molecule has 1 heterocycles. The van der Waals surface area contributed by atoms with E-state index in [1.807, 2.05) is 0 Å². The molecule has 1 saturated carbocycles. The van der Waals surface area contributed by atoms with Crippen LogP contribution in [0.4, 0.5) is 8.78 Å². The summed E-state index contributed by atoms with van der Waals surface area (Å²) in [5.41, 5.74) is 5.63. The van der Waals surface area contributed by atoms with Crippen LogP contribution in [0.1, 0.15) is 43.2 Å². The number of ether oxygens (including phenoxy) is 2. The number of benzene rings is 2. The van der Waals surface area contributed by atoms with E-state index in [0.717, 1.165) is 0 Å². The van der Waals surface area contributed by atoms with Gasteiger partial charge in [-0.15, -0.1) is 0 Å². The molecule has 38 heavy (non-hydrogen) atoms. The summed E-state index contributed by atoms with van der Waals surface area (Å²) >= 11 is 0. The van der Waals surface area contributed by atoms with E-state index in [2.05, 4.69) is 0 Å². The van der Waals surface area contributed by atoms with Crippen LogP contribution >= 0.6 is 0 Å². The van der Waals surface area contributed by atoms with Gasteiger partial charge in [0.1, 0.15) is 23.3 Å². The summed E-state index contributed by atoms with van der Waals surface area (Å²) in [7, 11) is 1.60. The number of aliphatic hydroxyl groups excluding tert-OH is 1. The average molecular weight is 533 g/mol. The van der Waals surface area contributed by atoms with Crippen LogP contribution in [0.5, 0.6) is 0 Å².